The molecule has 1 aliphatic heterocycles. The van der Waals surface area contributed by atoms with Crippen molar-refractivity contribution in [3.8, 4) is 5.75 Å². The Kier molecular flexibility index (Phi) is 6.16. The van der Waals surface area contributed by atoms with Gasteiger partial charge >= 0.3 is 5.97 Å². The lowest BCUT2D eigenvalue weighted by atomic mass is 10.1. The molecule has 3 aromatic rings. The smallest absolute Gasteiger partial charge is 0.335 e. The van der Waals surface area contributed by atoms with Gasteiger partial charge in [-0.05, 0) is 53.6 Å². The molecule has 0 unspecified atom stereocenters. The number of thioether (sulfide) groups is 1. The van der Waals surface area contributed by atoms with E-state index in [0.29, 0.717) is 21.6 Å². The van der Waals surface area contributed by atoms with E-state index in [2.05, 4.69) is 0 Å². The topological polar surface area (TPSA) is 66.8 Å². The normalized spacial score (nSPS) is 14.8. The maximum Gasteiger partial charge on any atom is 0.335 e. The Bertz CT molecular complexity index is 1170. The standard InChI is InChI=1S/C24H17NO4S2/c26-22-21(31-24(30)25(22)19-6-2-1-3-7-19)14-17-5-4-8-20(13-17)29-15-16-9-11-18(12-10-16)23(27)28/h1-14H,15H2,(H,27,28)/b21-14-. The predicted molar refractivity (Wildman–Crippen MR) is 126 cm³/mol. The highest BCUT2D eigenvalue weighted by atomic mass is 32.2. The van der Waals surface area contributed by atoms with Gasteiger partial charge in [0.2, 0.25) is 0 Å². The van der Waals surface area contributed by atoms with Gasteiger partial charge in [-0.15, -0.1) is 0 Å². The number of hydrogen-bond acceptors (Lipinski definition) is 5. The summed E-state index contributed by atoms with van der Waals surface area (Å²) in [7, 11) is 0. The number of hydrogen-bond donors (Lipinski definition) is 1. The third-order valence-electron chi connectivity index (χ3n) is 4.57. The van der Waals surface area contributed by atoms with E-state index in [1.807, 2.05) is 54.6 Å². The number of carbonyl (C=O) groups is 2. The molecule has 0 saturated carbocycles. The van der Waals surface area contributed by atoms with Crippen LogP contribution >= 0.6 is 24.0 Å². The summed E-state index contributed by atoms with van der Waals surface area (Å²) >= 11 is 6.68. The molecule has 1 fully saturated rings. The molecule has 5 nitrogen and oxygen atoms in total. The van der Waals surface area contributed by atoms with Gasteiger partial charge in [-0.3, -0.25) is 9.69 Å². The molecule has 0 aliphatic carbocycles. The van der Waals surface area contributed by atoms with Crippen LogP contribution in [0.5, 0.6) is 5.75 Å². The molecule has 1 aliphatic rings. The van der Waals surface area contributed by atoms with Crippen LogP contribution < -0.4 is 9.64 Å². The molecule has 3 aromatic carbocycles. The number of aromatic carboxylic acids is 1. The second kappa shape index (κ2) is 9.16. The summed E-state index contributed by atoms with van der Waals surface area (Å²) in [6, 6.07) is 23.3. The van der Waals surface area contributed by atoms with Gasteiger partial charge in [-0.1, -0.05) is 66.4 Å². The average Bonchev–Trinajstić information content (AvgIpc) is 3.06. The fourth-order valence-corrected chi connectivity index (χ4v) is 4.32. The summed E-state index contributed by atoms with van der Waals surface area (Å²) < 4.78 is 6.33. The number of carboxylic acids is 1. The highest BCUT2D eigenvalue weighted by Gasteiger charge is 2.33. The number of carbonyl (C=O) groups excluding carboxylic acids is 1. The van der Waals surface area contributed by atoms with Crippen molar-refractivity contribution < 1.29 is 19.4 Å². The van der Waals surface area contributed by atoms with E-state index >= 15 is 0 Å². The van der Waals surface area contributed by atoms with Crippen LogP contribution in [-0.2, 0) is 11.4 Å². The third-order valence-corrected chi connectivity index (χ3v) is 5.87. The Morgan fingerprint density at radius 3 is 2.48 bits per heavy atom. The number of carboxylic acid groups (broad SMARTS) is 1. The van der Waals surface area contributed by atoms with Crippen molar-refractivity contribution >= 4 is 51.9 Å². The summed E-state index contributed by atoms with van der Waals surface area (Å²) in [5, 5.41) is 8.97. The average molecular weight is 448 g/mol. The lowest BCUT2D eigenvalue weighted by molar-refractivity contribution is -0.113. The number of nitrogens with zero attached hydrogens (tertiary/aromatic N) is 1. The Hall–Kier alpha value is -3.42. The highest BCUT2D eigenvalue weighted by molar-refractivity contribution is 8.27. The summed E-state index contributed by atoms with van der Waals surface area (Å²) in [5.74, 6) is -0.460. The molecule has 0 radical (unpaired) electrons. The Balaban J connectivity index is 1.47. The van der Waals surface area contributed by atoms with Crippen LogP contribution in [0.1, 0.15) is 21.5 Å². The lowest BCUT2D eigenvalue weighted by Crippen LogP contribution is -2.27. The fraction of sp³-hybridized carbons (Fsp3) is 0.0417. The molecular formula is C24H17NO4S2. The number of benzene rings is 3. The molecule has 0 aromatic heterocycles. The molecule has 0 spiro atoms. The molecule has 0 atom stereocenters. The van der Waals surface area contributed by atoms with Crippen LogP contribution in [0.15, 0.2) is 83.8 Å². The largest absolute Gasteiger partial charge is 0.489 e. The van der Waals surface area contributed by atoms with Gasteiger partial charge in [-0.25, -0.2) is 4.79 Å². The zero-order valence-electron chi connectivity index (χ0n) is 16.2. The van der Waals surface area contributed by atoms with Gasteiger partial charge in [0.05, 0.1) is 16.2 Å². The molecule has 1 N–H and O–H groups in total. The monoisotopic (exact) mass is 447 g/mol. The Labute approximate surface area is 189 Å². The first-order chi connectivity index (χ1) is 15.0. The maximum atomic E-state index is 12.9. The van der Waals surface area contributed by atoms with Crippen LogP contribution in [0.4, 0.5) is 5.69 Å². The van der Waals surface area contributed by atoms with E-state index < -0.39 is 5.97 Å². The van der Waals surface area contributed by atoms with Crippen molar-refractivity contribution in [2.24, 2.45) is 0 Å². The first-order valence-corrected chi connectivity index (χ1v) is 10.6. The van der Waals surface area contributed by atoms with Crippen molar-refractivity contribution in [2.75, 3.05) is 4.90 Å². The van der Waals surface area contributed by atoms with E-state index in [-0.39, 0.29) is 11.5 Å². The van der Waals surface area contributed by atoms with Crippen molar-refractivity contribution in [2.45, 2.75) is 6.61 Å². The quantitative estimate of drug-likeness (QED) is 0.405. The zero-order chi connectivity index (χ0) is 21.8. The lowest BCUT2D eigenvalue weighted by Gasteiger charge is -2.13. The number of para-hydroxylation sites is 1. The molecule has 7 heteroatoms. The molecule has 1 amide bonds. The molecule has 0 bridgehead atoms. The van der Waals surface area contributed by atoms with Crippen molar-refractivity contribution in [1.29, 1.82) is 0 Å². The van der Waals surface area contributed by atoms with Gasteiger partial charge in [0, 0.05) is 0 Å². The second-order valence-corrected chi connectivity index (χ2v) is 8.39. The number of anilines is 1. The summed E-state index contributed by atoms with van der Waals surface area (Å²) in [4.78, 5) is 25.9. The molecule has 4 rings (SSSR count). The first-order valence-electron chi connectivity index (χ1n) is 9.39. The molecule has 1 heterocycles. The molecule has 1 saturated heterocycles. The van der Waals surface area contributed by atoms with Crippen LogP contribution in [0.3, 0.4) is 0 Å². The van der Waals surface area contributed by atoms with Crippen molar-refractivity contribution in [3.05, 3.63) is 100 Å². The minimum Gasteiger partial charge on any atom is -0.489 e. The summed E-state index contributed by atoms with van der Waals surface area (Å²) in [5.41, 5.74) is 2.67. The third kappa shape index (κ3) is 4.84. The van der Waals surface area contributed by atoms with Gasteiger partial charge in [-0.2, -0.15) is 0 Å². The van der Waals surface area contributed by atoms with Crippen molar-refractivity contribution in [1.82, 2.24) is 0 Å². The number of amides is 1. The highest BCUT2D eigenvalue weighted by Crippen LogP contribution is 2.36. The SMILES string of the molecule is O=C(O)c1ccc(COc2cccc(/C=C3\SC(=S)N(c4ccccc4)C3=O)c2)cc1. The number of thiocarbonyl (C=S) groups is 1. The second-order valence-electron chi connectivity index (χ2n) is 6.72. The minimum absolute atomic E-state index is 0.147. The van der Waals surface area contributed by atoms with Crippen LogP contribution in [0, 0.1) is 0 Å². The Morgan fingerprint density at radius 1 is 1.03 bits per heavy atom. The van der Waals surface area contributed by atoms with Gasteiger partial charge < -0.3 is 9.84 Å². The van der Waals surface area contributed by atoms with E-state index in [1.165, 1.54) is 16.7 Å². The van der Waals surface area contributed by atoms with Crippen LogP contribution in [0.2, 0.25) is 0 Å². The van der Waals surface area contributed by atoms with E-state index in [1.54, 1.807) is 30.3 Å². The fourth-order valence-electron chi connectivity index (χ4n) is 3.02. The van der Waals surface area contributed by atoms with E-state index in [4.69, 9.17) is 22.1 Å². The number of ether oxygens (including phenoxy) is 1. The zero-order valence-corrected chi connectivity index (χ0v) is 17.9. The number of rotatable bonds is 6. The van der Waals surface area contributed by atoms with Crippen LogP contribution in [-0.4, -0.2) is 21.3 Å². The van der Waals surface area contributed by atoms with Gasteiger partial charge in [0.25, 0.3) is 5.91 Å². The first kappa shape index (κ1) is 20.8. The van der Waals surface area contributed by atoms with E-state index in [0.717, 1.165) is 16.8 Å². The molecule has 31 heavy (non-hydrogen) atoms. The molecule has 154 valence electrons. The van der Waals surface area contributed by atoms with Gasteiger partial charge in [0.1, 0.15) is 12.4 Å². The predicted octanol–water partition coefficient (Wildman–Crippen LogP) is 5.37. The maximum absolute atomic E-state index is 12.9. The molecular weight excluding hydrogens is 430 g/mol. The minimum atomic E-state index is -0.960. The summed E-state index contributed by atoms with van der Waals surface area (Å²) in [6.45, 7) is 0.305. The van der Waals surface area contributed by atoms with Crippen molar-refractivity contribution in [3.63, 3.8) is 0 Å². The van der Waals surface area contributed by atoms with Gasteiger partial charge in [0.15, 0.2) is 4.32 Å². The Morgan fingerprint density at radius 2 is 1.77 bits per heavy atom. The van der Waals surface area contributed by atoms with Crippen LogP contribution in [0.25, 0.3) is 6.08 Å². The van der Waals surface area contributed by atoms with E-state index in [9.17, 15) is 9.59 Å². The summed E-state index contributed by atoms with van der Waals surface area (Å²) in [6.07, 6.45) is 1.80.